The number of aromatic carboxylic acids is 1. The SMILES string of the molecule is O=C(O)c1sccc1NC1CCCCO1. The van der Waals surface area contributed by atoms with E-state index in [1.165, 1.54) is 11.3 Å². The summed E-state index contributed by atoms with van der Waals surface area (Å²) in [5, 5.41) is 13.8. The Morgan fingerprint density at radius 1 is 1.60 bits per heavy atom. The minimum absolute atomic E-state index is 0.0357. The Balaban J connectivity index is 2.03. The van der Waals surface area contributed by atoms with Crippen LogP contribution >= 0.6 is 11.3 Å². The van der Waals surface area contributed by atoms with Crippen LogP contribution in [0.3, 0.4) is 0 Å². The van der Waals surface area contributed by atoms with Crippen molar-refractivity contribution < 1.29 is 14.6 Å². The van der Waals surface area contributed by atoms with E-state index in [1.54, 1.807) is 11.4 Å². The second-order valence-electron chi connectivity index (χ2n) is 3.47. The van der Waals surface area contributed by atoms with Gasteiger partial charge in [0.2, 0.25) is 0 Å². The Bertz CT molecular complexity index is 344. The van der Waals surface area contributed by atoms with Gasteiger partial charge in [0, 0.05) is 6.61 Å². The maximum atomic E-state index is 10.9. The van der Waals surface area contributed by atoms with E-state index >= 15 is 0 Å². The molecule has 0 saturated carbocycles. The highest BCUT2D eigenvalue weighted by molar-refractivity contribution is 7.12. The molecule has 1 unspecified atom stereocenters. The minimum atomic E-state index is -0.886. The molecule has 2 N–H and O–H groups in total. The third kappa shape index (κ3) is 2.49. The summed E-state index contributed by atoms with van der Waals surface area (Å²) in [5.74, 6) is -0.886. The van der Waals surface area contributed by atoms with E-state index in [2.05, 4.69) is 5.32 Å². The molecule has 0 bridgehead atoms. The molecular formula is C10H13NO3S. The van der Waals surface area contributed by atoms with Gasteiger partial charge < -0.3 is 15.2 Å². The third-order valence-electron chi connectivity index (χ3n) is 2.36. The molecule has 1 aliphatic rings. The van der Waals surface area contributed by atoms with Crippen molar-refractivity contribution in [2.75, 3.05) is 11.9 Å². The lowest BCUT2D eigenvalue weighted by Gasteiger charge is -2.24. The molecule has 0 aromatic carbocycles. The molecule has 0 spiro atoms. The van der Waals surface area contributed by atoms with Crippen LogP contribution in [0.2, 0.25) is 0 Å². The van der Waals surface area contributed by atoms with Gasteiger partial charge in [0.05, 0.1) is 5.69 Å². The van der Waals surface area contributed by atoms with Gasteiger partial charge in [-0.05, 0) is 30.7 Å². The van der Waals surface area contributed by atoms with E-state index in [4.69, 9.17) is 9.84 Å². The normalized spacial score (nSPS) is 21.2. The predicted octanol–water partition coefficient (Wildman–Crippen LogP) is 2.38. The summed E-state index contributed by atoms with van der Waals surface area (Å²) < 4.78 is 5.49. The number of nitrogens with one attached hydrogen (secondary N) is 1. The van der Waals surface area contributed by atoms with Gasteiger partial charge in [0.15, 0.2) is 0 Å². The average molecular weight is 227 g/mol. The average Bonchev–Trinajstić information content (AvgIpc) is 2.67. The number of anilines is 1. The molecule has 15 heavy (non-hydrogen) atoms. The minimum Gasteiger partial charge on any atom is -0.477 e. The highest BCUT2D eigenvalue weighted by Gasteiger charge is 2.17. The zero-order valence-corrected chi connectivity index (χ0v) is 9.05. The molecule has 2 rings (SSSR count). The number of carboxylic acids is 1. The van der Waals surface area contributed by atoms with Crippen molar-refractivity contribution in [2.24, 2.45) is 0 Å². The fraction of sp³-hybridized carbons (Fsp3) is 0.500. The van der Waals surface area contributed by atoms with Gasteiger partial charge in [0.1, 0.15) is 11.1 Å². The quantitative estimate of drug-likeness (QED) is 0.832. The molecule has 1 fully saturated rings. The van der Waals surface area contributed by atoms with Crippen LogP contribution in [-0.4, -0.2) is 23.9 Å². The lowest BCUT2D eigenvalue weighted by atomic mass is 10.2. The molecule has 1 aliphatic heterocycles. The van der Waals surface area contributed by atoms with Crippen molar-refractivity contribution in [1.82, 2.24) is 0 Å². The number of thiophene rings is 1. The third-order valence-corrected chi connectivity index (χ3v) is 3.26. The number of carboxylic acid groups (broad SMARTS) is 1. The summed E-state index contributed by atoms with van der Waals surface area (Å²) in [5.41, 5.74) is 0.666. The van der Waals surface area contributed by atoms with E-state index in [9.17, 15) is 4.79 Å². The summed E-state index contributed by atoms with van der Waals surface area (Å²) in [7, 11) is 0. The summed E-state index contributed by atoms with van der Waals surface area (Å²) in [4.78, 5) is 11.2. The Morgan fingerprint density at radius 3 is 3.13 bits per heavy atom. The van der Waals surface area contributed by atoms with Crippen molar-refractivity contribution in [3.63, 3.8) is 0 Å². The first-order valence-corrected chi connectivity index (χ1v) is 5.84. The molecule has 0 amide bonds. The van der Waals surface area contributed by atoms with Gasteiger partial charge in [-0.3, -0.25) is 0 Å². The molecule has 1 aromatic heterocycles. The molecule has 1 atom stereocenters. The summed E-state index contributed by atoms with van der Waals surface area (Å²) >= 11 is 1.23. The van der Waals surface area contributed by atoms with Gasteiger partial charge in [-0.25, -0.2) is 4.79 Å². The zero-order valence-electron chi connectivity index (χ0n) is 8.23. The molecule has 4 nitrogen and oxygen atoms in total. The van der Waals surface area contributed by atoms with Crippen molar-refractivity contribution in [1.29, 1.82) is 0 Å². The molecule has 1 aromatic rings. The van der Waals surface area contributed by atoms with Crippen LogP contribution in [0.5, 0.6) is 0 Å². The lowest BCUT2D eigenvalue weighted by molar-refractivity contribution is 0.0343. The van der Waals surface area contributed by atoms with Crippen molar-refractivity contribution in [3.8, 4) is 0 Å². The standard InChI is InChI=1S/C10H13NO3S/c12-10(13)9-7(4-6-15-9)11-8-3-1-2-5-14-8/h4,6,8,11H,1-3,5H2,(H,12,13). The number of ether oxygens (including phenoxy) is 1. The number of hydrogen-bond acceptors (Lipinski definition) is 4. The number of carbonyl (C=O) groups is 1. The van der Waals surface area contributed by atoms with Crippen LogP contribution < -0.4 is 5.32 Å². The van der Waals surface area contributed by atoms with E-state index < -0.39 is 5.97 Å². The van der Waals surface area contributed by atoms with E-state index in [1.807, 2.05) is 0 Å². The van der Waals surface area contributed by atoms with Gasteiger partial charge >= 0.3 is 5.97 Å². The molecule has 1 saturated heterocycles. The van der Waals surface area contributed by atoms with Crippen LogP contribution in [0.25, 0.3) is 0 Å². The zero-order chi connectivity index (χ0) is 10.7. The van der Waals surface area contributed by atoms with Gasteiger partial charge in [-0.15, -0.1) is 11.3 Å². The van der Waals surface area contributed by atoms with Crippen molar-refractivity contribution >= 4 is 23.0 Å². The Morgan fingerprint density at radius 2 is 2.47 bits per heavy atom. The smallest absolute Gasteiger partial charge is 0.348 e. The lowest BCUT2D eigenvalue weighted by Crippen LogP contribution is -2.27. The molecule has 0 radical (unpaired) electrons. The molecule has 5 heteroatoms. The second kappa shape index (κ2) is 4.63. The predicted molar refractivity (Wildman–Crippen MR) is 58.5 cm³/mol. The fourth-order valence-electron chi connectivity index (χ4n) is 1.62. The first kappa shape index (κ1) is 10.4. The Hall–Kier alpha value is -1.07. The van der Waals surface area contributed by atoms with Gasteiger partial charge in [0.25, 0.3) is 0 Å². The first-order chi connectivity index (χ1) is 7.27. The Kier molecular flexibility index (Phi) is 3.23. The van der Waals surface area contributed by atoms with E-state index in [0.29, 0.717) is 10.6 Å². The molecule has 0 aliphatic carbocycles. The second-order valence-corrected chi connectivity index (χ2v) is 4.38. The van der Waals surface area contributed by atoms with Crippen molar-refractivity contribution in [3.05, 3.63) is 16.3 Å². The Labute approximate surface area is 91.9 Å². The number of hydrogen-bond donors (Lipinski definition) is 2. The largest absolute Gasteiger partial charge is 0.477 e. The van der Waals surface area contributed by atoms with E-state index in [0.717, 1.165) is 25.9 Å². The molecule has 2 heterocycles. The van der Waals surface area contributed by atoms with E-state index in [-0.39, 0.29) is 6.23 Å². The highest BCUT2D eigenvalue weighted by Crippen LogP contribution is 2.25. The van der Waals surface area contributed by atoms with Crippen molar-refractivity contribution in [2.45, 2.75) is 25.5 Å². The van der Waals surface area contributed by atoms with Crippen LogP contribution in [0, 0.1) is 0 Å². The fourth-order valence-corrected chi connectivity index (χ4v) is 2.31. The summed E-state index contributed by atoms with van der Waals surface area (Å²) in [6.45, 7) is 0.754. The molecule has 82 valence electrons. The summed E-state index contributed by atoms with van der Waals surface area (Å²) in [6, 6.07) is 1.78. The maximum Gasteiger partial charge on any atom is 0.348 e. The molecular weight excluding hydrogens is 214 g/mol. The summed E-state index contributed by atoms with van der Waals surface area (Å²) in [6.07, 6.45) is 3.12. The van der Waals surface area contributed by atoms with Gasteiger partial charge in [-0.2, -0.15) is 0 Å². The first-order valence-electron chi connectivity index (χ1n) is 4.96. The van der Waals surface area contributed by atoms with Gasteiger partial charge in [-0.1, -0.05) is 0 Å². The number of rotatable bonds is 3. The van der Waals surface area contributed by atoms with Crippen LogP contribution in [0.4, 0.5) is 5.69 Å². The van der Waals surface area contributed by atoms with Crippen LogP contribution in [0.1, 0.15) is 28.9 Å². The van der Waals surface area contributed by atoms with Crippen LogP contribution in [0.15, 0.2) is 11.4 Å². The monoisotopic (exact) mass is 227 g/mol. The highest BCUT2D eigenvalue weighted by atomic mass is 32.1. The topological polar surface area (TPSA) is 58.6 Å². The maximum absolute atomic E-state index is 10.9. The van der Waals surface area contributed by atoms with Crippen LogP contribution in [-0.2, 0) is 4.74 Å².